The quantitative estimate of drug-likeness (QED) is 0.279. The molecule has 0 fully saturated rings. The number of imidazole rings is 1. The second-order valence-corrected chi connectivity index (χ2v) is 7.94. The molecule has 0 saturated heterocycles. The third-order valence-corrected chi connectivity index (χ3v) is 5.42. The summed E-state index contributed by atoms with van der Waals surface area (Å²) in [5.41, 5.74) is 7.10. The van der Waals surface area contributed by atoms with Crippen LogP contribution in [-0.4, -0.2) is 21.0 Å². The van der Waals surface area contributed by atoms with Crippen molar-refractivity contribution < 1.29 is 4.79 Å². The van der Waals surface area contributed by atoms with E-state index in [-0.39, 0.29) is 6.03 Å². The first kappa shape index (κ1) is 21.2. The van der Waals surface area contributed by atoms with E-state index in [1.807, 2.05) is 97.9 Å². The lowest BCUT2D eigenvalue weighted by atomic mass is 10.1. The van der Waals surface area contributed by atoms with Crippen molar-refractivity contribution in [1.82, 2.24) is 15.0 Å². The highest BCUT2D eigenvalue weighted by Crippen LogP contribution is 2.33. The van der Waals surface area contributed by atoms with Crippen LogP contribution < -0.4 is 10.6 Å². The van der Waals surface area contributed by atoms with E-state index < -0.39 is 0 Å². The van der Waals surface area contributed by atoms with Crippen LogP contribution in [0.4, 0.5) is 16.2 Å². The second-order valence-electron chi connectivity index (χ2n) is 7.94. The van der Waals surface area contributed by atoms with Gasteiger partial charge in [0, 0.05) is 40.5 Å². The van der Waals surface area contributed by atoms with Crippen LogP contribution in [0.3, 0.4) is 0 Å². The number of aromatic amines is 1. The number of pyridine rings is 1. The molecule has 0 bridgehead atoms. The van der Waals surface area contributed by atoms with Gasteiger partial charge in [-0.25, -0.2) is 9.78 Å². The fraction of sp³-hybridized carbons (Fsp3) is 0.0357. The van der Waals surface area contributed by atoms with Gasteiger partial charge >= 0.3 is 6.03 Å². The third-order valence-electron chi connectivity index (χ3n) is 5.42. The van der Waals surface area contributed by atoms with Crippen LogP contribution in [0.5, 0.6) is 0 Å². The Morgan fingerprint density at radius 3 is 2.21 bits per heavy atom. The van der Waals surface area contributed by atoms with Crippen LogP contribution in [0.2, 0.25) is 0 Å². The number of nitrogens with one attached hydrogen (secondary N) is 3. The first-order valence-corrected chi connectivity index (χ1v) is 11.0. The van der Waals surface area contributed by atoms with Crippen molar-refractivity contribution in [2.45, 2.75) is 6.92 Å². The Labute approximate surface area is 197 Å². The summed E-state index contributed by atoms with van der Waals surface area (Å²) in [5.74, 6) is 0.776. The molecular weight excluding hydrogens is 422 g/mol. The van der Waals surface area contributed by atoms with Gasteiger partial charge in [-0.05, 0) is 43.3 Å². The number of aromatic nitrogens is 3. The number of carbonyl (C=O) groups is 1. The van der Waals surface area contributed by atoms with E-state index in [0.717, 1.165) is 45.2 Å². The number of H-pyrrole nitrogens is 1. The Hall–Kier alpha value is -4.71. The maximum atomic E-state index is 12.5. The Balaban J connectivity index is 1.46. The predicted molar refractivity (Wildman–Crippen MR) is 137 cm³/mol. The zero-order valence-corrected chi connectivity index (χ0v) is 18.6. The Bertz CT molecular complexity index is 1410. The van der Waals surface area contributed by atoms with Crippen molar-refractivity contribution in [3.05, 3.63) is 109 Å². The molecule has 6 heteroatoms. The number of anilines is 2. The van der Waals surface area contributed by atoms with Crippen LogP contribution in [0.1, 0.15) is 5.56 Å². The standard InChI is InChI=1S/C28H23N5O/c1-19-10-12-23(13-11-19)30-28(34)31-24-9-5-8-22(18-24)26-25(20-14-16-29-17-15-20)32-27(33-26)21-6-3-2-4-7-21/h2-18H,1H3,(H,32,33)(H2,30,31,34). The normalized spacial score (nSPS) is 10.6. The molecule has 5 rings (SSSR count). The average Bonchev–Trinajstić information content (AvgIpc) is 3.32. The molecule has 166 valence electrons. The average molecular weight is 446 g/mol. The highest BCUT2D eigenvalue weighted by atomic mass is 16.2. The lowest BCUT2D eigenvalue weighted by molar-refractivity contribution is 0.262. The lowest BCUT2D eigenvalue weighted by Gasteiger charge is -2.09. The molecule has 2 heterocycles. The van der Waals surface area contributed by atoms with E-state index >= 15 is 0 Å². The van der Waals surface area contributed by atoms with Gasteiger partial charge in [0.25, 0.3) is 0 Å². The van der Waals surface area contributed by atoms with E-state index in [0.29, 0.717) is 5.69 Å². The van der Waals surface area contributed by atoms with E-state index in [9.17, 15) is 4.79 Å². The fourth-order valence-corrected chi connectivity index (χ4v) is 3.72. The number of rotatable bonds is 5. The molecule has 0 spiro atoms. The van der Waals surface area contributed by atoms with Crippen molar-refractivity contribution in [3.63, 3.8) is 0 Å². The minimum absolute atomic E-state index is 0.303. The number of aryl methyl sites for hydroxylation is 1. The molecule has 0 atom stereocenters. The van der Waals surface area contributed by atoms with Gasteiger partial charge in [-0.15, -0.1) is 0 Å². The molecule has 0 saturated carbocycles. The van der Waals surface area contributed by atoms with Gasteiger partial charge in [-0.2, -0.15) is 0 Å². The number of benzene rings is 3. The summed E-state index contributed by atoms with van der Waals surface area (Å²) in [7, 11) is 0. The van der Waals surface area contributed by atoms with E-state index in [2.05, 4.69) is 20.6 Å². The molecule has 6 nitrogen and oxygen atoms in total. The molecule has 0 aliphatic carbocycles. The van der Waals surface area contributed by atoms with Gasteiger partial charge in [-0.1, -0.05) is 60.2 Å². The largest absolute Gasteiger partial charge is 0.337 e. The maximum absolute atomic E-state index is 12.5. The predicted octanol–water partition coefficient (Wildman–Crippen LogP) is 6.76. The smallest absolute Gasteiger partial charge is 0.323 e. The summed E-state index contributed by atoms with van der Waals surface area (Å²) in [6, 6.07) is 28.9. The molecule has 0 aliphatic rings. The van der Waals surface area contributed by atoms with Crippen molar-refractivity contribution in [3.8, 4) is 33.9 Å². The second kappa shape index (κ2) is 9.42. The molecule has 3 aromatic carbocycles. The van der Waals surface area contributed by atoms with Crippen LogP contribution in [0, 0.1) is 6.92 Å². The Morgan fingerprint density at radius 1 is 0.735 bits per heavy atom. The zero-order valence-electron chi connectivity index (χ0n) is 18.6. The molecule has 2 amide bonds. The summed E-state index contributed by atoms with van der Waals surface area (Å²) in [6.45, 7) is 2.01. The summed E-state index contributed by atoms with van der Waals surface area (Å²) in [6.07, 6.45) is 3.52. The molecule has 0 radical (unpaired) electrons. The van der Waals surface area contributed by atoms with Crippen molar-refractivity contribution >= 4 is 17.4 Å². The number of amides is 2. The number of urea groups is 1. The molecule has 3 N–H and O–H groups in total. The first-order valence-electron chi connectivity index (χ1n) is 11.0. The highest BCUT2D eigenvalue weighted by Gasteiger charge is 2.16. The monoisotopic (exact) mass is 445 g/mol. The van der Waals surface area contributed by atoms with Crippen molar-refractivity contribution in [2.75, 3.05) is 10.6 Å². The number of hydrogen-bond donors (Lipinski definition) is 3. The summed E-state index contributed by atoms with van der Waals surface area (Å²) in [4.78, 5) is 25.1. The van der Waals surface area contributed by atoms with Gasteiger partial charge in [0.05, 0.1) is 11.4 Å². The van der Waals surface area contributed by atoms with Gasteiger partial charge in [0.2, 0.25) is 0 Å². The van der Waals surface area contributed by atoms with Crippen LogP contribution >= 0.6 is 0 Å². The summed E-state index contributed by atoms with van der Waals surface area (Å²) >= 11 is 0. The highest BCUT2D eigenvalue weighted by molar-refractivity contribution is 6.00. The SMILES string of the molecule is Cc1ccc(NC(=O)Nc2cccc(-c3nc(-c4ccccc4)[nH]c3-c3ccncc3)c2)cc1. The molecule has 0 aliphatic heterocycles. The zero-order chi connectivity index (χ0) is 23.3. The fourth-order valence-electron chi connectivity index (χ4n) is 3.72. The van der Waals surface area contributed by atoms with Crippen LogP contribution in [-0.2, 0) is 0 Å². The summed E-state index contributed by atoms with van der Waals surface area (Å²) < 4.78 is 0. The number of nitrogens with zero attached hydrogens (tertiary/aromatic N) is 2. The van der Waals surface area contributed by atoms with E-state index in [1.165, 1.54) is 0 Å². The summed E-state index contributed by atoms with van der Waals surface area (Å²) in [5, 5.41) is 5.78. The van der Waals surface area contributed by atoms with E-state index in [1.54, 1.807) is 12.4 Å². The van der Waals surface area contributed by atoms with E-state index in [4.69, 9.17) is 4.98 Å². The van der Waals surface area contributed by atoms with Crippen LogP contribution in [0.25, 0.3) is 33.9 Å². The maximum Gasteiger partial charge on any atom is 0.323 e. The molecule has 34 heavy (non-hydrogen) atoms. The van der Waals surface area contributed by atoms with Gasteiger partial charge in [0.15, 0.2) is 0 Å². The third kappa shape index (κ3) is 4.71. The first-order chi connectivity index (χ1) is 16.7. The minimum atomic E-state index is -0.303. The number of hydrogen-bond acceptors (Lipinski definition) is 3. The molecular formula is C28H23N5O. The molecule has 0 unspecified atom stereocenters. The van der Waals surface area contributed by atoms with Crippen molar-refractivity contribution in [2.24, 2.45) is 0 Å². The topological polar surface area (TPSA) is 82.7 Å². The van der Waals surface area contributed by atoms with Crippen LogP contribution in [0.15, 0.2) is 103 Å². The van der Waals surface area contributed by atoms with Crippen molar-refractivity contribution in [1.29, 1.82) is 0 Å². The Morgan fingerprint density at radius 2 is 1.44 bits per heavy atom. The lowest BCUT2D eigenvalue weighted by Crippen LogP contribution is -2.19. The minimum Gasteiger partial charge on any atom is -0.337 e. The Kier molecular flexibility index (Phi) is 5.86. The molecule has 5 aromatic rings. The van der Waals surface area contributed by atoms with Gasteiger partial charge in [0.1, 0.15) is 5.82 Å². The van der Waals surface area contributed by atoms with Gasteiger partial charge in [-0.3, -0.25) is 4.98 Å². The van der Waals surface area contributed by atoms with Gasteiger partial charge < -0.3 is 15.6 Å². The molecule has 2 aromatic heterocycles. The number of carbonyl (C=O) groups excluding carboxylic acids is 1.